The summed E-state index contributed by atoms with van der Waals surface area (Å²) in [6.07, 6.45) is 16.3. The maximum atomic E-state index is 6.76. The zero-order chi connectivity index (χ0) is 16.4. The second-order valence-electron chi connectivity index (χ2n) is 7.45. The molecular formula is C20H38O3. The lowest BCUT2D eigenvalue weighted by atomic mass is 9.95. The van der Waals surface area contributed by atoms with Crippen molar-refractivity contribution in [2.24, 2.45) is 0 Å². The Kier molecular flexibility index (Phi) is 8.35. The molecule has 0 aromatic rings. The minimum absolute atomic E-state index is 0.378. The fourth-order valence-electron chi connectivity index (χ4n) is 3.94. The molecule has 0 bridgehead atoms. The van der Waals surface area contributed by atoms with Gasteiger partial charge in [-0.25, -0.2) is 0 Å². The molecule has 2 rings (SSSR count). The van der Waals surface area contributed by atoms with Crippen LogP contribution in [0.4, 0.5) is 0 Å². The standard InChI is InChI=1S/C20H38O3/c1-3-5-7-13-19(15-9-11-17-21-19)23-20(14-8-6-4-2)16-10-12-18-22-20/h3-18H2,1-2H3. The lowest BCUT2D eigenvalue weighted by Crippen LogP contribution is -2.51. The molecule has 2 aliphatic heterocycles. The van der Waals surface area contributed by atoms with Crippen LogP contribution in [-0.4, -0.2) is 24.8 Å². The Hall–Kier alpha value is -0.120. The van der Waals surface area contributed by atoms with Crippen LogP contribution in [-0.2, 0) is 14.2 Å². The fourth-order valence-corrected chi connectivity index (χ4v) is 3.94. The SMILES string of the molecule is CCCCCC1(OC2(CCCCC)CCCCO2)CCCCO1. The van der Waals surface area contributed by atoms with Crippen molar-refractivity contribution < 1.29 is 14.2 Å². The highest BCUT2D eigenvalue weighted by Gasteiger charge is 2.44. The van der Waals surface area contributed by atoms with E-state index in [1.165, 1.54) is 64.2 Å². The first-order valence-corrected chi connectivity index (χ1v) is 10.2. The highest BCUT2D eigenvalue weighted by atomic mass is 16.8. The van der Waals surface area contributed by atoms with E-state index < -0.39 is 0 Å². The number of hydrogen-bond acceptors (Lipinski definition) is 3. The van der Waals surface area contributed by atoms with Crippen molar-refractivity contribution in [3.05, 3.63) is 0 Å². The van der Waals surface area contributed by atoms with Crippen molar-refractivity contribution in [3.63, 3.8) is 0 Å². The molecule has 0 aliphatic carbocycles. The third kappa shape index (κ3) is 6.03. The lowest BCUT2D eigenvalue weighted by Gasteiger charge is -2.47. The van der Waals surface area contributed by atoms with E-state index in [1.54, 1.807) is 0 Å². The van der Waals surface area contributed by atoms with Gasteiger partial charge in [-0.2, -0.15) is 0 Å². The highest BCUT2D eigenvalue weighted by molar-refractivity contribution is 4.82. The van der Waals surface area contributed by atoms with Crippen molar-refractivity contribution in [1.82, 2.24) is 0 Å². The van der Waals surface area contributed by atoms with Crippen LogP contribution < -0.4 is 0 Å². The molecular weight excluding hydrogens is 288 g/mol. The molecule has 0 N–H and O–H groups in total. The van der Waals surface area contributed by atoms with Crippen molar-refractivity contribution in [1.29, 1.82) is 0 Å². The molecule has 2 aliphatic rings. The van der Waals surface area contributed by atoms with Crippen LogP contribution >= 0.6 is 0 Å². The van der Waals surface area contributed by atoms with Crippen molar-refractivity contribution >= 4 is 0 Å². The van der Waals surface area contributed by atoms with Gasteiger partial charge in [0.2, 0.25) is 0 Å². The number of rotatable bonds is 10. The molecule has 2 fully saturated rings. The second kappa shape index (κ2) is 10.0. The Morgan fingerprint density at radius 1 is 0.696 bits per heavy atom. The van der Waals surface area contributed by atoms with E-state index in [-0.39, 0.29) is 11.6 Å². The van der Waals surface area contributed by atoms with Gasteiger partial charge in [0.25, 0.3) is 0 Å². The van der Waals surface area contributed by atoms with Crippen LogP contribution in [0.15, 0.2) is 0 Å². The van der Waals surface area contributed by atoms with Gasteiger partial charge in [-0.15, -0.1) is 0 Å². The van der Waals surface area contributed by atoms with E-state index in [4.69, 9.17) is 14.2 Å². The topological polar surface area (TPSA) is 27.7 Å². The minimum atomic E-state index is -0.378. The Labute approximate surface area is 143 Å². The smallest absolute Gasteiger partial charge is 0.171 e. The van der Waals surface area contributed by atoms with E-state index >= 15 is 0 Å². The van der Waals surface area contributed by atoms with E-state index in [9.17, 15) is 0 Å². The quantitative estimate of drug-likeness (QED) is 0.464. The van der Waals surface area contributed by atoms with Crippen molar-refractivity contribution in [2.75, 3.05) is 13.2 Å². The van der Waals surface area contributed by atoms with E-state index in [2.05, 4.69) is 13.8 Å². The summed E-state index contributed by atoms with van der Waals surface area (Å²) in [6.45, 7) is 6.20. The zero-order valence-corrected chi connectivity index (χ0v) is 15.5. The highest BCUT2D eigenvalue weighted by Crippen LogP contribution is 2.41. The Morgan fingerprint density at radius 3 is 1.52 bits per heavy atom. The summed E-state index contributed by atoms with van der Waals surface area (Å²) in [5.74, 6) is -0.756. The molecule has 3 nitrogen and oxygen atoms in total. The largest absolute Gasteiger partial charge is 0.350 e. The molecule has 136 valence electrons. The van der Waals surface area contributed by atoms with Gasteiger partial charge >= 0.3 is 0 Å². The Balaban J connectivity index is 2.02. The molecule has 0 spiro atoms. The number of hydrogen-bond donors (Lipinski definition) is 0. The molecule has 0 aromatic carbocycles. The molecule has 0 saturated carbocycles. The maximum absolute atomic E-state index is 6.76. The van der Waals surface area contributed by atoms with Crippen LogP contribution in [0.25, 0.3) is 0 Å². The Bertz CT molecular complexity index is 274. The summed E-state index contributed by atoms with van der Waals surface area (Å²) in [4.78, 5) is 0. The Morgan fingerprint density at radius 2 is 1.17 bits per heavy atom. The van der Waals surface area contributed by atoms with Gasteiger partial charge in [0, 0.05) is 25.7 Å². The first-order valence-electron chi connectivity index (χ1n) is 10.2. The first-order chi connectivity index (χ1) is 11.2. The third-order valence-corrected chi connectivity index (χ3v) is 5.33. The molecule has 2 atom stereocenters. The van der Waals surface area contributed by atoms with Gasteiger partial charge in [-0.05, 0) is 38.5 Å². The predicted octanol–water partition coefficient (Wildman–Crippen LogP) is 5.96. The molecule has 0 amide bonds. The van der Waals surface area contributed by atoms with Gasteiger partial charge in [-0.1, -0.05) is 39.5 Å². The average molecular weight is 327 g/mol. The first kappa shape index (κ1) is 19.2. The minimum Gasteiger partial charge on any atom is -0.350 e. The van der Waals surface area contributed by atoms with E-state index in [0.717, 1.165) is 38.9 Å². The molecule has 2 unspecified atom stereocenters. The van der Waals surface area contributed by atoms with Gasteiger partial charge < -0.3 is 14.2 Å². The fraction of sp³-hybridized carbons (Fsp3) is 1.00. The van der Waals surface area contributed by atoms with Gasteiger partial charge in [0.1, 0.15) is 0 Å². The summed E-state index contributed by atoms with van der Waals surface area (Å²) >= 11 is 0. The number of ether oxygens (including phenoxy) is 3. The van der Waals surface area contributed by atoms with Crippen LogP contribution in [0.1, 0.15) is 104 Å². The summed E-state index contributed by atoms with van der Waals surface area (Å²) in [5, 5.41) is 0. The van der Waals surface area contributed by atoms with Crippen LogP contribution in [0.5, 0.6) is 0 Å². The average Bonchev–Trinajstić information content (AvgIpc) is 2.57. The van der Waals surface area contributed by atoms with Gasteiger partial charge in [0.05, 0.1) is 13.2 Å². The molecule has 0 aromatic heterocycles. The predicted molar refractivity (Wildman–Crippen MR) is 94.4 cm³/mol. The molecule has 0 radical (unpaired) electrons. The van der Waals surface area contributed by atoms with E-state index in [1.807, 2.05) is 0 Å². The maximum Gasteiger partial charge on any atom is 0.171 e. The summed E-state index contributed by atoms with van der Waals surface area (Å²) in [7, 11) is 0. The third-order valence-electron chi connectivity index (χ3n) is 5.33. The zero-order valence-electron chi connectivity index (χ0n) is 15.5. The van der Waals surface area contributed by atoms with E-state index in [0.29, 0.717) is 0 Å². The molecule has 23 heavy (non-hydrogen) atoms. The lowest BCUT2D eigenvalue weighted by molar-refractivity contribution is -0.380. The van der Waals surface area contributed by atoms with Crippen LogP contribution in [0.3, 0.4) is 0 Å². The van der Waals surface area contributed by atoms with Crippen molar-refractivity contribution in [2.45, 2.75) is 115 Å². The van der Waals surface area contributed by atoms with Gasteiger partial charge in [0.15, 0.2) is 11.6 Å². The molecule has 2 heterocycles. The summed E-state index contributed by atoms with van der Waals surface area (Å²) in [5.41, 5.74) is 0. The second-order valence-corrected chi connectivity index (χ2v) is 7.45. The van der Waals surface area contributed by atoms with Crippen molar-refractivity contribution in [3.8, 4) is 0 Å². The summed E-state index contributed by atoms with van der Waals surface area (Å²) < 4.78 is 19.2. The summed E-state index contributed by atoms with van der Waals surface area (Å²) in [6, 6.07) is 0. The monoisotopic (exact) mass is 326 g/mol. The van der Waals surface area contributed by atoms with Gasteiger partial charge in [-0.3, -0.25) is 0 Å². The molecule has 2 saturated heterocycles. The molecule has 3 heteroatoms. The van der Waals surface area contributed by atoms with Crippen LogP contribution in [0.2, 0.25) is 0 Å². The normalized spacial score (nSPS) is 32.1. The van der Waals surface area contributed by atoms with Crippen LogP contribution in [0, 0.1) is 0 Å². The number of unbranched alkanes of at least 4 members (excludes halogenated alkanes) is 4.